The Labute approximate surface area is 101 Å². The van der Waals surface area contributed by atoms with Gasteiger partial charge in [-0.05, 0) is 6.92 Å². The van der Waals surface area contributed by atoms with Crippen molar-refractivity contribution in [3.05, 3.63) is 22.9 Å². The van der Waals surface area contributed by atoms with Crippen LogP contribution in [0.5, 0.6) is 0 Å². The number of carboxylic acids is 1. The van der Waals surface area contributed by atoms with Gasteiger partial charge in [0.1, 0.15) is 11.7 Å². The Hall–Kier alpha value is -2.22. The van der Waals surface area contributed by atoms with Crippen LogP contribution in [0, 0.1) is 0 Å². The maximum atomic E-state index is 12.0. The van der Waals surface area contributed by atoms with E-state index in [0.29, 0.717) is 5.65 Å². The Morgan fingerprint density at radius 3 is 2.83 bits per heavy atom. The van der Waals surface area contributed by atoms with Crippen molar-refractivity contribution in [1.82, 2.24) is 19.3 Å². The third-order valence-electron chi connectivity index (χ3n) is 2.66. The zero-order valence-electron chi connectivity index (χ0n) is 9.86. The van der Waals surface area contributed by atoms with E-state index in [1.807, 2.05) is 0 Å². The third kappa shape index (κ3) is 1.86. The first kappa shape index (κ1) is 12.2. The van der Waals surface area contributed by atoms with Gasteiger partial charge in [-0.25, -0.2) is 9.78 Å². The number of aromatic nitrogens is 4. The molecule has 0 amide bonds. The van der Waals surface area contributed by atoms with Crippen molar-refractivity contribution in [2.24, 2.45) is 7.05 Å². The Kier molecular flexibility index (Phi) is 2.66. The van der Waals surface area contributed by atoms with Crippen molar-refractivity contribution < 1.29 is 15.0 Å². The van der Waals surface area contributed by atoms with Crippen LogP contribution in [0.4, 0.5) is 0 Å². The summed E-state index contributed by atoms with van der Waals surface area (Å²) in [4.78, 5) is 26.8. The molecule has 2 aromatic rings. The molecular weight excluding hydrogens is 240 g/mol. The molecule has 0 aliphatic heterocycles. The molecule has 96 valence electrons. The van der Waals surface area contributed by atoms with Gasteiger partial charge in [0.2, 0.25) is 0 Å². The molecule has 1 unspecified atom stereocenters. The van der Waals surface area contributed by atoms with Crippen LogP contribution in [0.25, 0.3) is 11.0 Å². The zero-order valence-corrected chi connectivity index (χ0v) is 9.86. The predicted molar refractivity (Wildman–Crippen MR) is 61.0 cm³/mol. The van der Waals surface area contributed by atoms with E-state index in [2.05, 4.69) is 10.1 Å². The molecule has 0 saturated carbocycles. The Bertz CT molecular complexity index is 670. The summed E-state index contributed by atoms with van der Waals surface area (Å²) in [5.74, 6) is -1.40. The molecule has 0 aromatic carbocycles. The first-order valence-corrected chi connectivity index (χ1v) is 5.16. The summed E-state index contributed by atoms with van der Waals surface area (Å²) < 4.78 is 2.49. The number of hydrogen-bond donors (Lipinski definition) is 2. The minimum absolute atomic E-state index is 0.279. The third-order valence-corrected chi connectivity index (χ3v) is 2.66. The molecule has 0 aliphatic rings. The number of carboxylic acid groups (broad SMARTS) is 1. The average Bonchev–Trinajstić information content (AvgIpc) is 2.65. The molecule has 1 atom stereocenters. The van der Waals surface area contributed by atoms with E-state index in [9.17, 15) is 14.7 Å². The van der Waals surface area contributed by atoms with Gasteiger partial charge in [0, 0.05) is 7.05 Å². The molecule has 8 nitrogen and oxygen atoms in total. The van der Waals surface area contributed by atoms with Crippen LogP contribution >= 0.6 is 0 Å². The first-order valence-electron chi connectivity index (χ1n) is 5.16. The number of nitrogens with zero attached hydrogens (tertiary/aromatic N) is 4. The lowest BCUT2D eigenvalue weighted by Crippen LogP contribution is -2.42. The monoisotopic (exact) mass is 252 g/mol. The number of rotatable bonds is 3. The number of carbonyl (C=O) groups is 1. The van der Waals surface area contributed by atoms with Crippen molar-refractivity contribution in [2.75, 3.05) is 0 Å². The molecule has 0 bridgehead atoms. The highest BCUT2D eigenvalue weighted by Gasteiger charge is 2.31. The highest BCUT2D eigenvalue weighted by atomic mass is 16.4. The maximum Gasteiger partial charge on any atom is 0.337 e. The van der Waals surface area contributed by atoms with Gasteiger partial charge in [0.25, 0.3) is 5.56 Å². The van der Waals surface area contributed by atoms with Gasteiger partial charge >= 0.3 is 5.97 Å². The average molecular weight is 252 g/mol. The molecule has 2 N–H and O–H groups in total. The number of aliphatic hydroxyl groups is 1. The minimum atomic E-state index is -2.03. The molecular formula is C10H12N4O4. The second-order valence-corrected chi connectivity index (χ2v) is 4.26. The molecule has 0 aliphatic carbocycles. The molecule has 18 heavy (non-hydrogen) atoms. The molecule has 0 fully saturated rings. The van der Waals surface area contributed by atoms with Gasteiger partial charge in [0.15, 0.2) is 11.2 Å². The normalized spacial score (nSPS) is 14.6. The fourth-order valence-corrected chi connectivity index (χ4v) is 1.58. The Morgan fingerprint density at radius 2 is 2.22 bits per heavy atom. The van der Waals surface area contributed by atoms with Crippen LogP contribution in [-0.4, -0.2) is 41.1 Å². The summed E-state index contributed by atoms with van der Waals surface area (Å²) in [6.45, 7) is 0.744. The van der Waals surface area contributed by atoms with Gasteiger partial charge in [-0.1, -0.05) is 0 Å². The molecule has 0 radical (unpaired) electrons. The summed E-state index contributed by atoms with van der Waals surface area (Å²) in [5.41, 5.74) is -2.05. The lowest BCUT2D eigenvalue weighted by molar-refractivity contribution is -0.157. The van der Waals surface area contributed by atoms with Crippen LogP contribution in [-0.2, 0) is 18.4 Å². The summed E-state index contributed by atoms with van der Waals surface area (Å²) in [6.07, 6.45) is 2.56. The number of aryl methyl sites for hydroxylation is 1. The lowest BCUT2D eigenvalue weighted by atomic mass is 10.1. The van der Waals surface area contributed by atoms with E-state index in [1.165, 1.54) is 17.2 Å². The van der Waals surface area contributed by atoms with Crippen molar-refractivity contribution in [3.8, 4) is 0 Å². The molecule has 2 rings (SSSR count). The van der Waals surface area contributed by atoms with Crippen molar-refractivity contribution in [3.63, 3.8) is 0 Å². The van der Waals surface area contributed by atoms with Crippen LogP contribution in [0.1, 0.15) is 6.92 Å². The first-order chi connectivity index (χ1) is 8.33. The molecule has 2 aromatic heterocycles. The molecule has 8 heteroatoms. The van der Waals surface area contributed by atoms with Crippen molar-refractivity contribution in [1.29, 1.82) is 0 Å². The van der Waals surface area contributed by atoms with Crippen LogP contribution in [0.2, 0.25) is 0 Å². The fourth-order valence-electron chi connectivity index (χ4n) is 1.58. The second kappa shape index (κ2) is 3.91. The summed E-state index contributed by atoms with van der Waals surface area (Å²) in [5, 5.41) is 22.6. The Morgan fingerprint density at radius 1 is 1.56 bits per heavy atom. The van der Waals surface area contributed by atoms with Crippen molar-refractivity contribution in [2.45, 2.75) is 19.1 Å². The van der Waals surface area contributed by atoms with E-state index in [4.69, 9.17) is 5.11 Å². The maximum absolute atomic E-state index is 12.0. The minimum Gasteiger partial charge on any atom is -0.479 e. The SMILES string of the molecule is Cn1ncc2c(=O)n(CC(C)(O)C(=O)O)cnc21. The highest BCUT2D eigenvalue weighted by molar-refractivity contribution is 5.76. The molecule has 0 saturated heterocycles. The van der Waals surface area contributed by atoms with Gasteiger partial charge in [-0.2, -0.15) is 5.10 Å². The van der Waals surface area contributed by atoms with Crippen LogP contribution < -0.4 is 5.56 Å². The second-order valence-electron chi connectivity index (χ2n) is 4.26. The van der Waals surface area contributed by atoms with E-state index in [0.717, 1.165) is 11.5 Å². The Balaban J connectivity index is 2.51. The van der Waals surface area contributed by atoms with Crippen LogP contribution in [0.3, 0.4) is 0 Å². The standard InChI is InChI=1S/C10H12N4O4/c1-10(18,9(16)17)4-14-5-11-7-6(8(14)15)3-12-13(7)2/h3,5,18H,4H2,1-2H3,(H,16,17). The highest BCUT2D eigenvalue weighted by Crippen LogP contribution is 2.08. The number of aliphatic carboxylic acids is 1. The van der Waals surface area contributed by atoms with E-state index < -0.39 is 17.1 Å². The summed E-state index contributed by atoms with van der Waals surface area (Å²) in [6, 6.07) is 0. The summed E-state index contributed by atoms with van der Waals surface area (Å²) >= 11 is 0. The smallest absolute Gasteiger partial charge is 0.337 e. The topological polar surface area (TPSA) is 110 Å². The lowest BCUT2D eigenvalue weighted by Gasteiger charge is -2.18. The summed E-state index contributed by atoms with van der Waals surface area (Å²) in [7, 11) is 1.65. The van der Waals surface area contributed by atoms with Gasteiger partial charge in [-0.15, -0.1) is 0 Å². The molecule has 2 heterocycles. The van der Waals surface area contributed by atoms with Crippen molar-refractivity contribution >= 4 is 17.0 Å². The fraction of sp³-hybridized carbons (Fsp3) is 0.400. The largest absolute Gasteiger partial charge is 0.479 e. The van der Waals surface area contributed by atoms with E-state index in [-0.39, 0.29) is 11.9 Å². The van der Waals surface area contributed by atoms with Gasteiger partial charge in [-0.3, -0.25) is 14.0 Å². The number of hydrogen-bond acceptors (Lipinski definition) is 5. The van der Waals surface area contributed by atoms with Crippen LogP contribution in [0.15, 0.2) is 17.3 Å². The van der Waals surface area contributed by atoms with Gasteiger partial charge < -0.3 is 10.2 Å². The zero-order chi connectivity index (χ0) is 13.5. The predicted octanol–water partition coefficient (Wildman–Crippen LogP) is -1.03. The van der Waals surface area contributed by atoms with Gasteiger partial charge in [0.05, 0.1) is 12.7 Å². The van der Waals surface area contributed by atoms with E-state index in [1.54, 1.807) is 7.05 Å². The number of fused-ring (bicyclic) bond motifs is 1. The quantitative estimate of drug-likeness (QED) is 0.722. The van der Waals surface area contributed by atoms with E-state index >= 15 is 0 Å². The molecule has 0 spiro atoms.